The third-order valence-electron chi connectivity index (χ3n) is 4.48. The molecule has 23 heavy (non-hydrogen) atoms. The fourth-order valence-corrected chi connectivity index (χ4v) is 3.48. The highest BCUT2D eigenvalue weighted by molar-refractivity contribution is 5.71. The number of benzene rings is 2. The summed E-state index contributed by atoms with van der Waals surface area (Å²) >= 11 is 0. The molecule has 0 radical (unpaired) electrons. The molecule has 1 unspecified atom stereocenters. The number of hydrogen-bond acceptors (Lipinski definition) is 2. The van der Waals surface area contributed by atoms with Crippen molar-refractivity contribution in [1.82, 2.24) is 0 Å². The summed E-state index contributed by atoms with van der Waals surface area (Å²) in [5.74, 6) is -0.987. The number of halogens is 1. The summed E-state index contributed by atoms with van der Waals surface area (Å²) in [5.41, 5.74) is 3.78. The molecule has 1 heterocycles. The van der Waals surface area contributed by atoms with Gasteiger partial charge in [0.25, 0.3) is 0 Å². The molecule has 1 aliphatic heterocycles. The van der Waals surface area contributed by atoms with Crippen molar-refractivity contribution in [1.29, 1.82) is 0 Å². The average Bonchev–Trinajstić information content (AvgIpc) is 2.53. The molecular formula is C19H20FNO2. The monoisotopic (exact) mass is 313 g/mol. The highest BCUT2D eigenvalue weighted by Gasteiger charge is 2.28. The Morgan fingerprint density at radius 3 is 2.78 bits per heavy atom. The Hall–Kier alpha value is -2.36. The number of nitrogens with zero attached hydrogens (tertiary/aromatic N) is 1. The SMILES string of the molecule is CCN1c2ccc(CC(=O)O)cc2CCC1c1ccccc1F. The van der Waals surface area contributed by atoms with Crippen LogP contribution in [0.25, 0.3) is 0 Å². The number of rotatable bonds is 4. The molecule has 0 bridgehead atoms. The molecule has 0 spiro atoms. The predicted octanol–water partition coefficient (Wildman–Crippen LogP) is 3.97. The molecule has 2 aromatic rings. The molecule has 3 rings (SSSR count). The Labute approximate surface area is 135 Å². The minimum atomic E-state index is -0.822. The van der Waals surface area contributed by atoms with Gasteiger partial charge in [-0.1, -0.05) is 30.3 Å². The molecule has 2 aromatic carbocycles. The summed E-state index contributed by atoms with van der Waals surface area (Å²) in [5, 5.41) is 8.94. The highest BCUT2D eigenvalue weighted by atomic mass is 19.1. The van der Waals surface area contributed by atoms with Gasteiger partial charge >= 0.3 is 5.97 Å². The normalized spacial score (nSPS) is 17.0. The Balaban J connectivity index is 1.96. The summed E-state index contributed by atoms with van der Waals surface area (Å²) in [6.45, 7) is 2.85. The van der Waals surface area contributed by atoms with E-state index in [1.54, 1.807) is 6.07 Å². The number of carboxylic acid groups (broad SMARTS) is 1. The average molecular weight is 313 g/mol. The molecule has 3 nitrogen and oxygen atoms in total. The van der Waals surface area contributed by atoms with Gasteiger partial charge in [-0.25, -0.2) is 4.39 Å². The lowest BCUT2D eigenvalue weighted by molar-refractivity contribution is -0.136. The van der Waals surface area contributed by atoms with Gasteiger partial charge in [-0.2, -0.15) is 0 Å². The van der Waals surface area contributed by atoms with E-state index in [9.17, 15) is 9.18 Å². The van der Waals surface area contributed by atoms with Crippen LogP contribution in [0.15, 0.2) is 42.5 Å². The van der Waals surface area contributed by atoms with E-state index in [0.717, 1.165) is 41.8 Å². The van der Waals surface area contributed by atoms with Crippen molar-refractivity contribution in [2.45, 2.75) is 32.2 Å². The number of anilines is 1. The second-order valence-electron chi connectivity index (χ2n) is 5.90. The topological polar surface area (TPSA) is 40.5 Å². The number of aliphatic carboxylic acids is 1. The van der Waals surface area contributed by atoms with E-state index in [0.29, 0.717) is 0 Å². The molecule has 4 heteroatoms. The van der Waals surface area contributed by atoms with Crippen LogP contribution in [0.3, 0.4) is 0 Å². The van der Waals surface area contributed by atoms with E-state index in [4.69, 9.17) is 5.11 Å². The zero-order chi connectivity index (χ0) is 16.4. The maximum atomic E-state index is 14.2. The first-order valence-corrected chi connectivity index (χ1v) is 7.94. The summed E-state index contributed by atoms with van der Waals surface area (Å²) < 4.78 is 14.2. The van der Waals surface area contributed by atoms with Gasteiger partial charge in [0.15, 0.2) is 0 Å². The van der Waals surface area contributed by atoms with Crippen molar-refractivity contribution >= 4 is 11.7 Å². The quantitative estimate of drug-likeness (QED) is 0.928. The smallest absolute Gasteiger partial charge is 0.307 e. The molecule has 0 aromatic heterocycles. The summed E-state index contributed by atoms with van der Waals surface area (Å²) in [6, 6.07) is 12.8. The lowest BCUT2D eigenvalue weighted by Gasteiger charge is -2.39. The van der Waals surface area contributed by atoms with Gasteiger partial charge in [-0.3, -0.25) is 4.79 Å². The Kier molecular flexibility index (Phi) is 4.33. The first-order valence-electron chi connectivity index (χ1n) is 7.94. The second kappa shape index (κ2) is 6.41. The van der Waals surface area contributed by atoms with Crippen LogP contribution in [0.2, 0.25) is 0 Å². The van der Waals surface area contributed by atoms with E-state index in [2.05, 4.69) is 11.8 Å². The Morgan fingerprint density at radius 2 is 2.09 bits per heavy atom. The number of hydrogen-bond donors (Lipinski definition) is 1. The van der Waals surface area contributed by atoms with E-state index >= 15 is 0 Å². The van der Waals surface area contributed by atoms with Gasteiger partial charge in [0, 0.05) is 17.8 Å². The molecule has 1 N–H and O–H groups in total. The lowest BCUT2D eigenvalue weighted by atomic mass is 9.90. The van der Waals surface area contributed by atoms with Crippen LogP contribution in [-0.2, 0) is 17.6 Å². The number of carbonyl (C=O) groups is 1. The third-order valence-corrected chi connectivity index (χ3v) is 4.48. The van der Waals surface area contributed by atoms with E-state index in [-0.39, 0.29) is 18.3 Å². The lowest BCUT2D eigenvalue weighted by Crippen LogP contribution is -2.33. The van der Waals surface area contributed by atoms with Crippen LogP contribution in [0.1, 0.15) is 36.1 Å². The standard InChI is InChI=1S/C19H20FNO2/c1-2-21-17-9-7-13(12-19(22)23)11-14(17)8-10-18(21)15-5-3-4-6-16(15)20/h3-7,9,11,18H,2,8,10,12H2,1H3,(H,22,23). The number of aryl methyl sites for hydroxylation is 1. The highest BCUT2D eigenvalue weighted by Crippen LogP contribution is 2.39. The predicted molar refractivity (Wildman–Crippen MR) is 88.3 cm³/mol. The van der Waals surface area contributed by atoms with Gasteiger partial charge in [-0.15, -0.1) is 0 Å². The zero-order valence-corrected chi connectivity index (χ0v) is 13.1. The van der Waals surface area contributed by atoms with Crippen LogP contribution >= 0.6 is 0 Å². The van der Waals surface area contributed by atoms with E-state index in [1.165, 1.54) is 6.07 Å². The van der Waals surface area contributed by atoms with Gasteiger partial charge in [0.1, 0.15) is 5.82 Å². The number of fused-ring (bicyclic) bond motifs is 1. The van der Waals surface area contributed by atoms with Gasteiger partial charge < -0.3 is 10.0 Å². The van der Waals surface area contributed by atoms with E-state index < -0.39 is 5.97 Å². The molecule has 1 atom stereocenters. The molecule has 0 saturated heterocycles. The van der Waals surface area contributed by atoms with Gasteiger partial charge in [0.2, 0.25) is 0 Å². The maximum Gasteiger partial charge on any atom is 0.307 e. The van der Waals surface area contributed by atoms with Crippen LogP contribution in [-0.4, -0.2) is 17.6 Å². The van der Waals surface area contributed by atoms with Crippen LogP contribution in [0, 0.1) is 5.82 Å². The van der Waals surface area contributed by atoms with Crippen molar-refractivity contribution in [3.63, 3.8) is 0 Å². The molecular weight excluding hydrogens is 293 g/mol. The van der Waals surface area contributed by atoms with Gasteiger partial charge in [-0.05, 0) is 43.0 Å². The van der Waals surface area contributed by atoms with Crippen molar-refractivity contribution in [3.05, 3.63) is 65.0 Å². The maximum absolute atomic E-state index is 14.2. The fraction of sp³-hybridized carbons (Fsp3) is 0.316. The first kappa shape index (κ1) is 15.5. The Morgan fingerprint density at radius 1 is 1.30 bits per heavy atom. The minimum Gasteiger partial charge on any atom is -0.481 e. The van der Waals surface area contributed by atoms with Crippen molar-refractivity contribution < 1.29 is 14.3 Å². The molecule has 0 fully saturated rings. The van der Waals surface area contributed by atoms with Crippen molar-refractivity contribution in [2.75, 3.05) is 11.4 Å². The van der Waals surface area contributed by atoms with Crippen LogP contribution in [0.4, 0.5) is 10.1 Å². The molecule has 0 saturated carbocycles. The fourth-order valence-electron chi connectivity index (χ4n) is 3.48. The largest absolute Gasteiger partial charge is 0.481 e. The van der Waals surface area contributed by atoms with Crippen molar-refractivity contribution in [2.24, 2.45) is 0 Å². The molecule has 0 aliphatic carbocycles. The first-order chi connectivity index (χ1) is 11.1. The Bertz CT molecular complexity index is 729. The zero-order valence-electron chi connectivity index (χ0n) is 13.1. The summed E-state index contributed by atoms with van der Waals surface area (Å²) in [7, 11) is 0. The van der Waals surface area contributed by atoms with Crippen LogP contribution < -0.4 is 4.90 Å². The molecule has 1 aliphatic rings. The molecule has 0 amide bonds. The third kappa shape index (κ3) is 3.07. The minimum absolute atomic E-state index is 0.0269. The summed E-state index contributed by atoms with van der Waals surface area (Å²) in [4.78, 5) is 13.1. The molecule has 120 valence electrons. The summed E-state index contributed by atoms with van der Waals surface area (Å²) in [6.07, 6.45) is 1.70. The van der Waals surface area contributed by atoms with Crippen LogP contribution in [0.5, 0.6) is 0 Å². The van der Waals surface area contributed by atoms with Crippen molar-refractivity contribution in [3.8, 4) is 0 Å². The number of carboxylic acids is 1. The van der Waals surface area contributed by atoms with Gasteiger partial charge in [0.05, 0.1) is 12.5 Å². The second-order valence-corrected chi connectivity index (χ2v) is 5.90. The van der Waals surface area contributed by atoms with E-state index in [1.807, 2.05) is 30.3 Å².